The van der Waals surface area contributed by atoms with Crippen molar-refractivity contribution in [2.45, 2.75) is 6.92 Å². The summed E-state index contributed by atoms with van der Waals surface area (Å²) in [7, 11) is 0. The molecule has 0 saturated heterocycles. The minimum atomic E-state index is -0.367. The summed E-state index contributed by atoms with van der Waals surface area (Å²) in [6, 6.07) is 5.15. The van der Waals surface area contributed by atoms with Crippen LogP contribution >= 0.6 is 11.9 Å². The Morgan fingerprint density at radius 1 is 1.39 bits per heavy atom. The van der Waals surface area contributed by atoms with E-state index in [4.69, 9.17) is 5.73 Å². The summed E-state index contributed by atoms with van der Waals surface area (Å²) in [6.07, 6.45) is 5.18. The normalized spacial score (nSPS) is 10.9. The molecular weight excluding hydrogens is 315 g/mol. The molecule has 23 heavy (non-hydrogen) atoms. The first-order chi connectivity index (χ1) is 11.2. The van der Waals surface area contributed by atoms with Crippen LogP contribution in [0.1, 0.15) is 6.92 Å². The van der Waals surface area contributed by atoms with Crippen molar-refractivity contribution in [3.63, 3.8) is 0 Å². The Labute approximate surface area is 137 Å². The quantitative estimate of drug-likeness (QED) is 0.623. The smallest absolute Gasteiger partial charge is 0.208 e. The zero-order valence-corrected chi connectivity index (χ0v) is 13.6. The van der Waals surface area contributed by atoms with E-state index in [1.165, 1.54) is 11.9 Å². The van der Waals surface area contributed by atoms with Crippen LogP contribution in [0.3, 0.4) is 0 Å². The van der Waals surface area contributed by atoms with Gasteiger partial charge in [0.05, 0.1) is 5.69 Å². The maximum Gasteiger partial charge on any atom is 0.208 e. The second-order valence-corrected chi connectivity index (χ2v) is 5.43. The molecule has 120 valence electrons. The summed E-state index contributed by atoms with van der Waals surface area (Å²) in [5.74, 6) is 0.546. The third-order valence-corrected chi connectivity index (χ3v) is 3.81. The number of aromatic nitrogens is 3. The zero-order chi connectivity index (χ0) is 16.4. The van der Waals surface area contributed by atoms with Gasteiger partial charge in [0.1, 0.15) is 17.0 Å². The van der Waals surface area contributed by atoms with Crippen LogP contribution in [0.2, 0.25) is 0 Å². The number of benzene rings is 1. The number of nitrogens with one attached hydrogen (secondary N) is 2. The number of imidazole rings is 1. The Balaban J connectivity index is 2.26. The van der Waals surface area contributed by atoms with Crippen LogP contribution in [0.5, 0.6) is 0 Å². The van der Waals surface area contributed by atoms with Crippen LogP contribution < -0.4 is 15.8 Å². The van der Waals surface area contributed by atoms with Crippen molar-refractivity contribution in [3.05, 3.63) is 36.4 Å². The van der Waals surface area contributed by atoms with E-state index >= 15 is 0 Å². The first kappa shape index (κ1) is 15.4. The fraction of sp³-hybridized carbons (Fsp3) is 0.200. The third kappa shape index (κ3) is 2.65. The molecule has 0 bridgehead atoms. The van der Waals surface area contributed by atoms with E-state index in [0.29, 0.717) is 40.8 Å². The minimum Gasteiger partial charge on any atom is -0.382 e. The SMILES string of the molecule is CCNc1nc(-c2cccc(NSC)c2F)c2c(N)nccn12. The predicted octanol–water partition coefficient (Wildman–Crippen LogP) is 3.24. The molecule has 6 nitrogen and oxygen atoms in total. The van der Waals surface area contributed by atoms with Gasteiger partial charge in [-0.05, 0) is 19.1 Å². The van der Waals surface area contributed by atoms with Gasteiger partial charge in [0.15, 0.2) is 5.82 Å². The van der Waals surface area contributed by atoms with Crippen LogP contribution in [0.15, 0.2) is 30.6 Å². The standard InChI is InChI=1S/C15H17FN6S/c1-3-18-15-20-12(13-14(17)19-7-8-22(13)15)9-5-4-6-10(11(9)16)21-23-2/h4-8,21H,3H2,1-2H3,(H2,17,19)(H,18,20). The third-order valence-electron chi connectivity index (χ3n) is 3.38. The number of halogens is 1. The average Bonchev–Trinajstić information content (AvgIpc) is 2.90. The molecule has 0 saturated carbocycles. The topological polar surface area (TPSA) is 80.3 Å². The molecular formula is C15H17FN6S. The maximum atomic E-state index is 14.8. The monoisotopic (exact) mass is 332 g/mol. The van der Waals surface area contributed by atoms with Crippen molar-refractivity contribution in [2.24, 2.45) is 0 Å². The highest BCUT2D eigenvalue weighted by molar-refractivity contribution is 7.99. The fourth-order valence-corrected chi connectivity index (χ4v) is 2.82. The molecule has 0 fully saturated rings. The van der Waals surface area contributed by atoms with Gasteiger partial charge in [0.2, 0.25) is 5.95 Å². The van der Waals surface area contributed by atoms with Crippen molar-refractivity contribution < 1.29 is 4.39 Å². The van der Waals surface area contributed by atoms with E-state index in [1.54, 1.807) is 35.0 Å². The fourth-order valence-electron chi connectivity index (χ4n) is 2.44. The molecule has 0 radical (unpaired) electrons. The molecule has 4 N–H and O–H groups in total. The second kappa shape index (κ2) is 6.33. The highest BCUT2D eigenvalue weighted by Crippen LogP contribution is 2.34. The van der Waals surface area contributed by atoms with Crippen LogP contribution in [-0.2, 0) is 0 Å². The van der Waals surface area contributed by atoms with E-state index < -0.39 is 0 Å². The van der Waals surface area contributed by atoms with Crippen molar-refractivity contribution in [1.82, 2.24) is 14.4 Å². The molecule has 0 unspecified atom stereocenters. The Morgan fingerprint density at radius 2 is 2.22 bits per heavy atom. The molecule has 0 aliphatic carbocycles. The lowest BCUT2D eigenvalue weighted by Gasteiger charge is -2.08. The molecule has 0 amide bonds. The van der Waals surface area contributed by atoms with Gasteiger partial charge in [0.25, 0.3) is 0 Å². The van der Waals surface area contributed by atoms with Gasteiger partial charge in [-0.3, -0.25) is 4.40 Å². The Morgan fingerprint density at radius 3 is 2.96 bits per heavy atom. The second-order valence-electron chi connectivity index (χ2n) is 4.82. The van der Waals surface area contributed by atoms with Crippen LogP contribution in [0.4, 0.5) is 21.8 Å². The summed E-state index contributed by atoms with van der Waals surface area (Å²) in [5.41, 5.74) is 7.85. The van der Waals surface area contributed by atoms with Crippen molar-refractivity contribution in [3.8, 4) is 11.3 Å². The summed E-state index contributed by atoms with van der Waals surface area (Å²) in [4.78, 5) is 8.63. The lowest BCUT2D eigenvalue weighted by atomic mass is 10.1. The number of anilines is 3. The van der Waals surface area contributed by atoms with E-state index in [1.807, 2.05) is 13.2 Å². The molecule has 3 aromatic rings. The lowest BCUT2D eigenvalue weighted by Crippen LogP contribution is -2.02. The average molecular weight is 332 g/mol. The van der Waals surface area contributed by atoms with E-state index in [9.17, 15) is 4.39 Å². The molecule has 8 heteroatoms. The number of nitrogen functional groups attached to an aromatic ring is 1. The molecule has 0 aliphatic heterocycles. The van der Waals surface area contributed by atoms with E-state index in [0.717, 1.165) is 0 Å². The molecule has 1 aromatic carbocycles. The molecule has 0 spiro atoms. The summed E-state index contributed by atoms with van der Waals surface area (Å²) in [5, 5.41) is 3.15. The van der Waals surface area contributed by atoms with Gasteiger partial charge in [-0.1, -0.05) is 18.0 Å². The molecule has 3 rings (SSSR count). The minimum absolute atomic E-state index is 0.307. The number of hydrogen-bond donors (Lipinski definition) is 3. The van der Waals surface area contributed by atoms with Gasteiger partial charge in [0, 0.05) is 30.8 Å². The molecule has 0 aliphatic rings. The number of fused-ring (bicyclic) bond motifs is 1. The first-order valence-corrected chi connectivity index (χ1v) is 8.34. The molecule has 2 heterocycles. The van der Waals surface area contributed by atoms with Crippen LogP contribution in [0.25, 0.3) is 16.8 Å². The van der Waals surface area contributed by atoms with Gasteiger partial charge >= 0.3 is 0 Å². The van der Waals surface area contributed by atoms with E-state index in [-0.39, 0.29) is 5.82 Å². The predicted molar refractivity (Wildman–Crippen MR) is 94.1 cm³/mol. The molecule has 0 atom stereocenters. The van der Waals surface area contributed by atoms with Gasteiger partial charge < -0.3 is 15.8 Å². The summed E-state index contributed by atoms with van der Waals surface area (Å²) < 4.78 is 19.5. The van der Waals surface area contributed by atoms with Crippen molar-refractivity contribution >= 4 is 34.9 Å². The summed E-state index contributed by atoms with van der Waals surface area (Å²) in [6.45, 7) is 2.66. The van der Waals surface area contributed by atoms with Gasteiger partial charge in [-0.25, -0.2) is 14.4 Å². The Hall–Kier alpha value is -2.48. The van der Waals surface area contributed by atoms with Crippen molar-refractivity contribution in [1.29, 1.82) is 0 Å². The van der Waals surface area contributed by atoms with E-state index in [2.05, 4.69) is 20.0 Å². The first-order valence-electron chi connectivity index (χ1n) is 7.11. The molecule has 2 aromatic heterocycles. The van der Waals surface area contributed by atoms with Crippen LogP contribution in [-0.4, -0.2) is 27.2 Å². The lowest BCUT2D eigenvalue weighted by molar-refractivity contribution is 0.635. The van der Waals surface area contributed by atoms with Gasteiger partial charge in [-0.15, -0.1) is 0 Å². The highest BCUT2D eigenvalue weighted by Gasteiger charge is 2.19. The Bertz CT molecular complexity index is 847. The maximum absolute atomic E-state index is 14.8. The highest BCUT2D eigenvalue weighted by atomic mass is 32.2. The van der Waals surface area contributed by atoms with Gasteiger partial charge in [-0.2, -0.15) is 0 Å². The number of rotatable bonds is 5. The largest absolute Gasteiger partial charge is 0.382 e. The number of nitrogens with two attached hydrogens (primary N) is 1. The number of nitrogens with zero attached hydrogens (tertiary/aromatic N) is 3. The zero-order valence-electron chi connectivity index (χ0n) is 12.8. The number of hydrogen-bond acceptors (Lipinski definition) is 6. The Kier molecular flexibility index (Phi) is 4.24. The van der Waals surface area contributed by atoms with Crippen LogP contribution in [0, 0.1) is 5.82 Å². The summed E-state index contributed by atoms with van der Waals surface area (Å²) >= 11 is 1.33. The van der Waals surface area contributed by atoms with Crippen molar-refractivity contribution in [2.75, 3.05) is 28.6 Å².